The second-order valence-electron chi connectivity index (χ2n) is 9.19. The molecule has 1 fully saturated rings. The van der Waals surface area contributed by atoms with Crippen LogP contribution in [0.25, 0.3) is 0 Å². The summed E-state index contributed by atoms with van der Waals surface area (Å²) in [5.41, 5.74) is 3.22. The maximum Gasteiger partial charge on any atom is 0.120 e. The molecule has 0 heterocycles. The number of nitrogens with zero attached hydrogens (tertiary/aromatic N) is 1. The van der Waals surface area contributed by atoms with E-state index in [0.29, 0.717) is 6.61 Å². The summed E-state index contributed by atoms with van der Waals surface area (Å²) in [7, 11) is 0. The molecule has 2 aliphatic rings. The molecular weight excluding hydrogens is 370 g/mol. The van der Waals surface area contributed by atoms with Gasteiger partial charge in [-0.15, -0.1) is 0 Å². The van der Waals surface area contributed by atoms with Crippen molar-refractivity contribution in [2.24, 2.45) is 0 Å². The van der Waals surface area contributed by atoms with Gasteiger partial charge >= 0.3 is 0 Å². The van der Waals surface area contributed by atoms with Gasteiger partial charge in [-0.2, -0.15) is 0 Å². The molecule has 4 rings (SSSR count). The summed E-state index contributed by atoms with van der Waals surface area (Å²) in [6.45, 7) is 8.23. The van der Waals surface area contributed by atoms with Crippen LogP contribution >= 0.6 is 0 Å². The van der Waals surface area contributed by atoms with Crippen molar-refractivity contribution in [2.45, 2.75) is 76.4 Å². The van der Waals surface area contributed by atoms with Gasteiger partial charge in [0.1, 0.15) is 12.4 Å². The van der Waals surface area contributed by atoms with Crippen LogP contribution in [0.5, 0.6) is 5.75 Å². The predicted octanol–water partition coefficient (Wildman–Crippen LogP) is 5.49. The lowest BCUT2D eigenvalue weighted by Gasteiger charge is -2.55. The minimum absolute atomic E-state index is 0.145. The summed E-state index contributed by atoms with van der Waals surface area (Å²) < 4.78 is 6.19. The zero-order chi connectivity index (χ0) is 21.0. The molecule has 2 atom stereocenters. The van der Waals surface area contributed by atoms with Crippen LogP contribution < -0.4 is 4.74 Å². The molecule has 3 nitrogen and oxygen atoms in total. The van der Waals surface area contributed by atoms with E-state index in [1.54, 1.807) is 0 Å². The number of fused-ring (bicyclic) bond motifs is 3. The third kappa shape index (κ3) is 4.02. The molecule has 0 aromatic heterocycles. The molecule has 3 heteroatoms. The van der Waals surface area contributed by atoms with Crippen LogP contribution in [0.2, 0.25) is 0 Å². The Morgan fingerprint density at radius 1 is 0.967 bits per heavy atom. The lowest BCUT2D eigenvalue weighted by molar-refractivity contribution is -0.0894. The highest BCUT2D eigenvalue weighted by Gasteiger charge is 2.54. The van der Waals surface area contributed by atoms with E-state index in [2.05, 4.69) is 61.2 Å². The van der Waals surface area contributed by atoms with Crippen LogP contribution in [0.1, 0.15) is 69.1 Å². The Bertz CT molecular complexity index is 832. The lowest BCUT2D eigenvalue weighted by Crippen LogP contribution is -2.57. The van der Waals surface area contributed by atoms with Crippen molar-refractivity contribution in [3.8, 4) is 5.75 Å². The van der Waals surface area contributed by atoms with Crippen LogP contribution in [0.15, 0.2) is 48.5 Å². The van der Waals surface area contributed by atoms with Gasteiger partial charge in [-0.25, -0.2) is 0 Å². The number of benzene rings is 2. The van der Waals surface area contributed by atoms with E-state index in [9.17, 15) is 5.11 Å². The van der Waals surface area contributed by atoms with Gasteiger partial charge in [0.2, 0.25) is 0 Å². The summed E-state index contributed by atoms with van der Waals surface area (Å²) in [5, 5.41) is 11.9. The largest absolute Gasteiger partial charge is 0.489 e. The fraction of sp³-hybridized carbons (Fsp3) is 0.556. The summed E-state index contributed by atoms with van der Waals surface area (Å²) in [6.07, 6.45) is 7.25. The first-order chi connectivity index (χ1) is 14.6. The fourth-order valence-electron chi connectivity index (χ4n) is 5.84. The van der Waals surface area contributed by atoms with Crippen LogP contribution in [0.3, 0.4) is 0 Å². The first-order valence-corrected chi connectivity index (χ1v) is 11.8. The molecular formula is C27H37NO2. The minimum Gasteiger partial charge on any atom is -0.489 e. The average Bonchev–Trinajstić information content (AvgIpc) is 2.79. The lowest BCUT2D eigenvalue weighted by atomic mass is 9.53. The predicted molar refractivity (Wildman–Crippen MR) is 123 cm³/mol. The van der Waals surface area contributed by atoms with Crippen LogP contribution in [0.4, 0.5) is 0 Å². The van der Waals surface area contributed by atoms with E-state index in [-0.39, 0.29) is 5.41 Å². The van der Waals surface area contributed by atoms with Gasteiger partial charge < -0.3 is 14.7 Å². The molecule has 162 valence electrons. The molecule has 0 radical (unpaired) electrons. The second kappa shape index (κ2) is 9.11. The Morgan fingerprint density at radius 2 is 1.73 bits per heavy atom. The number of aliphatic hydroxyl groups is 1. The van der Waals surface area contributed by atoms with E-state index >= 15 is 0 Å². The van der Waals surface area contributed by atoms with Gasteiger partial charge in [-0.3, -0.25) is 0 Å². The van der Waals surface area contributed by atoms with Crippen LogP contribution in [0, 0.1) is 0 Å². The fourth-order valence-corrected chi connectivity index (χ4v) is 5.84. The summed E-state index contributed by atoms with van der Waals surface area (Å²) in [4.78, 5) is 2.49. The highest BCUT2D eigenvalue weighted by molar-refractivity contribution is 5.46. The summed E-state index contributed by atoms with van der Waals surface area (Å²) in [6, 6.07) is 17.0. The number of aryl methyl sites for hydroxylation is 1. The molecule has 1 saturated carbocycles. The highest BCUT2D eigenvalue weighted by atomic mass is 16.5. The Labute approximate surface area is 182 Å². The number of rotatable bonds is 8. The summed E-state index contributed by atoms with van der Waals surface area (Å²) >= 11 is 0. The summed E-state index contributed by atoms with van der Waals surface area (Å²) in [5.74, 6) is 0.926. The molecule has 0 spiro atoms. The minimum atomic E-state index is -0.580. The molecule has 0 amide bonds. The molecule has 0 bridgehead atoms. The van der Waals surface area contributed by atoms with Gasteiger partial charge in [0, 0.05) is 5.41 Å². The van der Waals surface area contributed by atoms with Gasteiger partial charge in [-0.05, 0) is 80.6 Å². The van der Waals surface area contributed by atoms with E-state index in [1.807, 2.05) is 6.07 Å². The van der Waals surface area contributed by atoms with Crippen molar-refractivity contribution < 1.29 is 9.84 Å². The van der Waals surface area contributed by atoms with Crippen LogP contribution in [-0.4, -0.2) is 35.2 Å². The standard InChI is InChI=1S/C27H37NO2/c1-3-28(4-2)19-18-26-15-8-9-16-27(26,29)17-14-23-12-13-24(20-25(23)26)30-21-22-10-6-5-7-11-22/h5-7,10-13,20,29H,3-4,8-9,14-19,21H2,1-2H3/t26-,27+/m0/s1. The van der Waals surface area contributed by atoms with Gasteiger partial charge in [-0.1, -0.05) is 63.1 Å². The van der Waals surface area contributed by atoms with Crippen molar-refractivity contribution in [2.75, 3.05) is 19.6 Å². The quantitative estimate of drug-likeness (QED) is 0.628. The Morgan fingerprint density at radius 3 is 2.50 bits per heavy atom. The van der Waals surface area contributed by atoms with Gasteiger partial charge in [0.15, 0.2) is 0 Å². The molecule has 1 N–H and O–H groups in total. The van der Waals surface area contributed by atoms with Gasteiger partial charge in [0.25, 0.3) is 0 Å². The molecule has 0 aliphatic heterocycles. The molecule has 2 aromatic rings. The zero-order valence-corrected chi connectivity index (χ0v) is 18.7. The van der Waals surface area contributed by atoms with Crippen molar-refractivity contribution >= 4 is 0 Å². The highest BCUT2D eigenvalue weighted by Crippen LogP contribution is 2.55. The monoisotopic (exact) mass is 407 g/mol. The SMILES string of the molecule is CCN(CC)CC[C@]12CCCC[C@@]1(O)CCc1ccc(OCc3ccccc3)cc12. The Balaban J connectivity index is 1.64. The average molecular weight is 408 g/mol. The zero-order valence-electron chi connectivity index (χ0n) is 18.7. The molecule has 2 aliphatic carbocycles. The number of hydrogen-bond donors (Lipinski definition) is 1. The first-order valence-electron chi connectivity index (χ1n) is 11.8. The van der Waals surface area contributed by atoms with Crippen molar-refractivity contribution in [1.29, 1.82) is 0 Å². The van der Waals surface area contributed by atoms with Crippen LogP contribution in [-0.2, 0) is 18.4 Å². The third-order valence-electron chi connectivity index (χ3n) is 7.74. The van der Waals surface area contributed by atoms with E-state index < -0.39 is 5.60 Å². The molecule has 0 unspecified atom stereocenters. The van der Waals surface area contributed by atoms with E-state index in [0.717, 1.165) is 63.9 Å². The first kappa shape index (κ1) is 21.4. The van der Waals surface area contributed by atoms with Crippen molar-refractivity contribution in [1.82, 2.24) is 4.90 Å². The molecule has 2 aromatic carbocycles. The number of hydrogen-bond acceptors (Lipinski definition) is 3. The maximum absolute atomic E-state index is 11.9. The normalized spacial score (nSPS) is 25.6. The van der Waals surface area contributed by atoms with Gasteiger partial charge in [0.05, 0.1) is 5.60 Å². The molecule has 0 saturated heterocycles. The van der Waals surface area contributed by atoms with Crippen molar-refractivity contribution in [3.05, 3.63) is 65.2 Å². The van der Waals surface area contributed by atoms with E-state index in [1.165, 1.54) is 23.1 Å². The maximum atomic E-state index is 11.9. The Kier molecular flexibility index (Phi) is 6.50. The Hall–Kier alpha value is -1.84. The van der Waals surface area contributed by atoms with E-state index in [4.69, 9.17) is 4.74 Å². The smallest absolute Gasteiger partial charge is 0.120 e. The van der Waals surface area contributed by atoms with Crippen molar-refractivity contribution in [3.63, 3.8) is 0 Å². The third-order valence-corrected chi connectivity index (χ3v) is 7.74. The second-order valence-corrected chi connectivity index (χ2v) is 9.19. The molecule has 30 heavy (non-hydrogen) atoms. The number of ether oxygens (including phenoxy) is 1. The topological polar surface area (TPSA) is 32.7 Å².